The molecule has 382 valence electrons. The minimum Gasteiger partial charge on any atom is -0.462 e. The Morgan fingerprint density at radius 3 is 1.34 bits per heavy atom. The van der Waals surface area contributed by atoms with Crippen LogP contribution in [0, 0.1) is 0 Å². The van der Waals surface area contributed by atoms with Gasteiger partial charge in [0.2, 0.25) is 5.91 Å². The molecule has 0 rings (SSSR count). The third-order valence-corrected chi connectivity index (χ3v) is 12.7. The molecule has 4 N–H and O–H groups in total. The Kier molecular flexibility index (Phi) is 48.3. The first-order chi connectivity index (χ1) is 31.7. The first kappa shape index (κ1) is 63.0. The number of hydrogen-bond acceptors (Lipinski definition) is 9. The molecule has 0 aromatic heterocycles. The smallest absolute Gasteiger partial charge is 0.462 e. The van der Waals surface area contributed by atoms with Crippen molar-refractivity contribution in [2.24, 2.45) is 5.73 Å². The van der Waals surface area contributed by atoms with Crippen molar-refractivity contribution < 1.29 is 42.4 Å². The van der Waals surface area contributed by atoms with Crippen LogP contribution in [-0.2, 0) is 37.5 Å². The van der Waals surface area contributed by atoms with Crippen LogP contribution in [-0.4, -0.2) is 61.8 Å². The highest BCUT2D eigenvalue weighted by Gasteiger charge is 2.26. The van der Waals surface area contributed by atoms with Gasteiger partial charge in [-0.2, -0.15) is 0 Å². The Hall–Kier alpha value is -2.04. The molecule has 0 aliphatic heterocycles. The summed E-state index contributed by atoms with van der Waals surface area (Å²) in [5, 5.41) is 2.72. The molecule has 0 aliphatic carbocycles. The number of hydrogen-bond donors (Lipinski definition) is 3. The van der Waals surface area contributed by atoms with Crippen LogP contribution in [0.4, 0.5) is 0 Å². The second-order valence-corrected chi connectivity index (χ2v) is 19.6. The van der Waals surface area contributed by atoms with Crippen LogP contribution in [0.5, 0.6) is 0 Å². The first-order valence-corrected chi connectivity index (χ1v) is 28.5. The van der Waals surface area contributed by atoms with Crippen molar-refractivity contribution in [1.82, 2.24) is 5.32 Å². The summed E-state index contributed by atoms with van der Waals surface area (Å²) < 4.78 is 34.0. The van der Waals surface area contributed by atoms with Crippen LogP contribution in [0.3, 0.4) is 0 Å². The van der Waals surface area contributed by atoms with Crippen LogP contribution in [0.1, 0.15) is 258 Å². The van der Waals surface area contributed by atoms with Crippen LogP contribution in [0.15, 0.2) is 24.3 Å². The molecule has 0 bridgehead atoms. The largest absolute Gasteiger partial charge is 0.472 e. The highest BCUT2D eigenvalue weighted by Crippen LogP contribution is 2.43. The lowest BCUT2D eigenvalue weighted by Gasteiger charge is -2.20. The molecule has 0 aromatic carbocycles. The number of nitrogens with one attached hydrogen (secondary N) is 1. The van der Waals surface area contributed by atoms with Crippen LogP contribution < -0.4 is 11.1 Å². The van der Waals surface area contributed by atoms with Gasteiger partial charge in [-0.05, 0) is 83.6 Å². The van der Waals surface area contributed by atoms with Gasteiger partial charge in [0.15, 0.2) is 6.10 Å². The zero-order valence-corrected chi connectivity index (χ0v) is 42.9. The summed E-state index contributed by atoms with van der Waals surface area (Å²) in [5.74, 6) is -1.01. The van der Waals surface area contributed by atoms with E-state index in [0.29, 0.717) is 19.3 Å². The monoisotopic (exact) mass is 941 g/mol. The Morgan fingerprint density at radius 2 is 0.892 bits per heavy atom. The Labute approximate surface area is 399 Å². The van der Waals surface area contributed by atoms with E-state index in [2.05, 4.69) is 43.5 Å². The molecule has 65 heavy (non-hydrogen) atoms. The molecule has 0 heterocycles. The topological polar surface area (TPSA) is 163 Å². The predicted molar refractivity (Wildman–Crippen MR) is 270 cm³/mol. The van der Waals surface area contributed by atoms with Gasteiger partial charge in [-0.3, -0.25) is 23.4 Å². The van der Waals surface area contributed by atoms with Crippen molar-refractivity contribution in [1.29, 1.82) is 0 Å². The summed E-state index contributed by atoms with van der Waals surface area (Å²) in [4.78, 5) is 48.0. The SMILES string of the molecule is CCCCCCCCC=CCCCCCCCC(=O)OC[C@H](COP(=O)(O)OCCNC(=O)CCCCCCCCCCCN)OC(=O)CCCCCCCC=CCCCCCCCC. The van der Waals surface area contributed by atoms with E-state index in [4.69, 9.17) is 24.3 Å². The van der Waals surface area contributed by atoms with Gasteiger partial charge in [0.1, 0.15) is 6.61 Å². The molecular weight excluding hydrogens is 840 g/mol. The maximum absolute atomic E-state index is 12.8. The summed E-state index contributed by atoms with van der Waals surface area (Å²) in [7, 11) is -4.54. The number of carbonyl (C=O) groups is 3. The van der Waals surface area contributed by atoms with E-state index in [-0.39, 0.29) is 38.5 Å². The average molecular weight is 941 g/mol. The molecule has 0 aliphatic rings. The van der Waals surface area contributed by atoms with Gasteiger partial charge in [-0.25, -0.2) is 4.57 Å². The van der Waals surface area contributed by atoms with E-state index in [1.807, 2.05) is 0 Å². The first-order valence-electron chi connectivity index (χ1n) is 27.0. The number of esters is 2. The van der Waals surface area contributed by atoms with Crippen LogP contribution >= 0.6 is 7.82 Å². The van der Waals surface area contributed by atoms with E-state index < -0.39 is 32.5 Å². The van der Waals surface area contributed by atoms with Gasteiger partial charge < -0.3 is 25.4 Å². The summed E-state index contributed by atoms with van der Waals surface area (Å²) >= 11 is 0. The minimum absolute atomic E-state index is 0.0535. The Morgan fingerprint density at radius 1 is 0.508 bits per heavy atom. The lowest BCUT2D eigenvalue weighted by Crippen LogP contribution is -2.30. The number of amides is 1. The van der Waals surface area contributed by atoms with Crippen LogP contribution in [0.25, 0.3) is 0 Å². The zero-order chi connectivity index (χ0) is 47.6. The van der Waals surface area contributed by atoms with Crippen molar-refractivity contribution in [3.63, 3.8) is 0 Å². The van der Waals surface area contributed by atoms with E-state index >= 15 is 0 Å². The lowest BCUT2D eigenvalue weighted by atomic mass is 10.1. The summed E-state index contributed by atoms with van der Waals surface area (Å²) in [6.07, 6.45) is 49.1. The molecule has 11 nitrogen and oxygen atoms in total. The van der Waals surface area contributed by atoms with Gasteiger partial charge in [0, 0.05) is 25.8 Å². The Balaban J connectivity index is 4.55. The third-order valence-electron chi connectivity index (χ3n) is 11.7. The molecule has 12 heteroatoms. The third kappa shape index (κ3) is 49.7. The highest BCUT2D eigenvalue weighted by atomic mass is 31.2. The summed E-state index contributed by atoms with van der Waals surface area (Å²) in [5.41, 5.74) is 5.54. The molecule has 0 radical (unpaired) electrons. The lowest BCUT2D eigenvalue weighted by molar-refractivity contribution is -0.161. The van der Waals surface area contributed by atoms with Crippen molar-refractivity contribution >= 4 is 25.7 Å². The number of nitrogens with two attached hydrogens (primary N) is 1. The van der Waals surface area contributed by atoms with E-state index in [0.717, 1.165) is 103 Å². The quantitative estimate of drug-likeness (QED) is 0.0231. The summed E-state index contributed by atoms with van der Waals surface area (Å²) in [6, 6.07) is 0. The molecule has 1 amide bonds. The number of allylic oxidation sites excluding steroid dienone is 4. The number of unbranched alkanes of at least 4 members (excludes halogenated alkanes) is 30. The van der Waals surface area contributed by atoms with Gasteiger partial charge in [-0.1, -0.05) is 186 Å². The van der Waals surface area contributed by atoms with Crippen molar-refractivity contribution in [3.8, 4) is 0 Å². The minimum atomic E-state index is -4.54. The van der Waals surface area contributed by atoms with Gasteiger partial charge in [-0.15, -0.1) is 0 Å². The predicted octanol–water partition coefficient (Wildman–Crippen LogP) is 14.6. The molecule has 0 saturated heterocycles. The number of ether oxygens (including phenoxy) is 2. The normalized spacial score (nSPS) is 13.1. The average Bonchev–Trinajstić information content (AvgIpc) is 3.29. The zero-order valence-electron chi connectivity index (χ0n) is 42.0. The second-order valence-electron chi connectivity index (χ2n) is 18.1. The van der Waals surface area contributed by atoms with Crippen molar-refractivity contribution in [3.05, 3.63) is 24.3 Å². The standard InChI is InChI=1S/C53H101N2O9P/c1-3-5-7-9-11-13-15-17-19-21-23-27-31-35-39-43-52(57)61-48-50(64-53(58)44-40-36-32-28-24-22-20-18-16-14-12-10-8-6-4-2)49-63-65(59,60)62-47-46-55-51(56)42-38-34-30-26-25-29-33-37-41-45-54/h17-20,50H,3-16,21-49,54H2,1-2H3,(H,55,56)(H,59,60)/t50-/m1/s1. The maximum atomic E-state index is 12.8. The van der Waals surface area contributed by atoms with Crippen LogP contribution in [0.2, 0.25) is 0 Å². The fourth-order valence-corrected chi connectivity index (χ4v) is 8.37. The van der Waals surface area contributed by atoms with E-state index in [1.54, 1.807) is 0 Å². The maximum Gasteiger partial charge on any atom is 0.472 e. The Bertz CT molecular complexity index is 1180. The molecule has 0 aromatic rings. The van der Waals surface area contributed by atoms with Crippen molar-refractivity contribution in [2.75, 3.05) is 32.9 Å². The highest BCUT2D eigenvalue weighted by molar-refractivity contribution is 7.47. The van der Waals surface area contributed by atoms with E-state index in [9.17, 15) is 23.8 Å². The molecule has 0 fully saturated rings. The van der Waals surface area contributed by atoms with Crippen molar-refractivity contribution in [2.45, 2.75) is 264 Å². The number of phosphoric ester groups is 1. The van der Waals surface area contributed by atoms with Gasteiger partial charge in [0.25, 0.3) is 0 Å². The molecule has 0 spiro atoms. The molecule has 1 unspecified atom stereocenters. The molecule has 2 atom stereocenters. The molecular formula is C53H101N2O9P. The molecule has 0 saturated carbocycles. The fourth-order valence-electron chi connectivity index (χ4n) is 7.62. The van der Waals surface area contributed by atoms with E-state index in [1.165, 1.54) is 116 Å². The van der Waals surface area contributed by atoms with Gasteiger partial charge in [0.05, 0.1) is 13.2 Å². The van der Waals surface area contributed by atoms with Gasteiger partial charge >= 0.3 is 19.8 Å². The second kappa shape index (κ2) is 49.9. The number of rotatable bonds is 51. The number of carbonyl (C=O) groups excluding carboxylic acids is 3. The number of phosphoric acid groups is 1. The fraction of sp³-hybridized carbons (Fsp3) is 0.868. The summed E-state index contributed by atoms with van der Waals surface area (Å²) in [6.45, 7) is 4.32.